The Bertz CT molecular complexity index is 1240. The van der Waals surface area contributed by atoms with Crippen LogP contribution in [-0.2, 0) is 9.47 Å². The molecule has 2 N–H and O–H groups in total. The first-order valence-electron chi connectivity index (χ1n) is 12.0. The highest BCUT2D eigenvalue weighted by molar-refractivity contribution is 6.00. The van der Waals surface area contributed by atoms with Gasteiger partial charge in [0.2, 0.25) is 0 Å². The van der Waals surface area contributed by atoms with E-state index in [0.717, 1.165) is 12.1 Å². The van der Waals surface area contributed by atoms with Crippen LogP contribution < -0.4 is 10.6 Å². The third kappa shape index (κ3) is 6.12. The number of urea groups is 1. The molecule has 4 rings (SSSR count). The van der Waals surface area contributed by atoms with Crippen molar-refractivity contribution >= 4 is 17.8 Å². The van der Waals surface area contributed by atoms with Gasteiger partial charge < -0.3 is 14.8 Å². The van der Waals surface area contributed by atoms with Crippen molar-refractivity contribution < 1.29 is 27.8 Å². The molecule has 196 valence electrons. The van der Waals surface area contributed by atoms with Gasteiger partial charge in [0.15, 0.2) is 17.5 Å². The summed E-state index contributed by atoms with van der Waals surface area (Å²) in [5.74, 6) is -2.63. The van der Waals surface area contributed by atoms with Crippen LogP contribution in [0, 0.1) is 11.6 Å². The van der Waals surface area contributed by atoms with Gasteiger partial charge in [-0.2, -0.15) is 5.10 Å². The Labute approximate surface area is 213 Å². The van der Waals surface area contributed by atoms with Gasteiger partial charge >= 0.3 is 12.0 Å². The lowest BCUT2D eigenvalue weighted by molar-refractivity contribution is 0.0527. The molecule has 0 bridgehead atoms. The summed E-state index contributed by atoms with van der Waals surface area (Å²) in [5.41, 5.74) is 1.32. The highest BCUT2D eigenvalue weighted by atomic mass is 19.2. The fourth-order valence-corrected chi connectivity index (χ4v) is 4.42. The Balaban J connectivity index is 1.58. The van der Waals surface area contributed by atoms with E-state index in [1.165, 1.54) is 16.9 Å². The summed E-state index contributed by atoms with van der Waals surface area (Å²) in [5, 5.41) is 9.96. The van der Waals surface area contributed by atoms with Crippen molar-refractivity contribution in [2.45, 2.75) is 18.9 Å². The van der Waals surface area contributed by atoms with E-state index in [2.05, 4.69) is 20.6 Å². The standard InChI is InChI=1S/C26H29F2N5O4/c1-3-37-25(34)19-14-29-33(18-7-5-4-6-8-18)24(19)31-26(35)30-23-16-32(11-12-36-2)15-20(23)17-9-10-21(27)22(28)13-17/h4-10,13-14,20,23H,3,11-12,15-16H2,1-2H3,(H2,30,31,35)/t20-,23+/m0/s1. The number of esters is 1. The van der Waals surface area contributed by atoms with Crippen molar-refractivity contribution in [3.05, 3.63) is 77.5 Å². The molecule has 0 aliphatic carbocycles. The molecule has 2 atom stereocenters. The number of aromatic nitrogens is 2. The number of halogens is 2. The number of rotatable bonds is 9. The molecule has 3 aromatic rings. The lowest BCUT2D eigenvalue weighted by Gasteiger charge is -2.21. The van der Waals surface area contributed by atoms with Gasteiger partial charge in [-0.3, -0.25) is 10.2 Å². The summed E-state index contributed by atoms with van der Waals surface area (Å²) in [7, 11) is 1.60. The minimum Gasteiger partial charge on any atom is -0.462 e. The first-order chi connectivity index (χ1) is 17.9. The van der Waals surface area contributed by atoms with E-state index >= 15 is 0 Å². The number of carbonyl (C=O) groups excluding carboxylic acids is 2. The number of nitrogens with zero attached hydrogens (tertiary/aromatic N) is 3. The molecule has 1 fully saturated rings. The Kier molecular flexibility index (Phi) is 8.47. The van der Waals surface area contributed by atoms with E-state index in [1.54, 1.807) is 26.2 Å². The fraction of sp³-hybridized carbons (Fsp3) is 0.346. The van der Waals surface area contributed by atoms with E-state index in [9.17, 15) is 18.4 Å². The van der Waals surface area contributed by atoms with Crippen LogP contribution in [0.2, 0.25) is 0 Å². The largest absolute Gasteiger partial charge is 0.462 e. The number of hydrogen-bond donors (Lipinski definition) is 2. The molecule has 2 amide bonds. The number of amides is 2. The van der Waals surface area contributed by atoms with Crippen LogP contribution >= 0.6 is 0 Å². The van der Waals surface area contributed by atoms with Crippen LogP contribution in [0.3, 0.4) is 0 Å². The number of carbonyl (C=O) groups is 2. The average Bonchev–Trinajstić information content (AvgIpc) is 3.49. The predicted molar refractivity (Wildman–Crippen MR) is 133 cm³/mol. The Morgan fingerprint density at radius 3 is 2.59 bits per heavy atom. The number of anilines is 1. The Hall–Kier alpha value is -3.83. The third-order valence-electron chi connectivity index (χ3n) is 6.19. The van der Waals surface area contributed by atoms with Crippen LogP contribution in [0.5, 0.6) is 0 Å². The maximum absolute atomic E-state index is 14.0. The molecule has 1 saturated heterocycles. The second-order valence-corrected chi connectivity index (χ2v) is 8.61. The van der Waals surface area contributed by atoms with Gasteiger partial charge in [-0.05, 0) is 36.8 Å². The smallest absolute Gasteiger partial charge is 0.343 e. The summed E-state index contributed by atoms with van der Waals surface area (Å²) in [6.45, 7) is 3.95. The molecule has 0 spiro atoms. The predicted octanol–water partition coefficient (Wildman–Crippen LogP) is 3.56. The van der Waals surface area contributed by atoms with Crippen molar-refractivity contribution in [3.63, 3.8) is 0 Å². The summed E-state index contributed by atoms with van der Waals surface area (Å²) >= 11 is 0. The number of benzene rings is 2. The lowest BCUT2D eigenvalue weighted by Crippen LogP contribution is -2.42. The van der Waals surface area contributed by atoms with Crippen LogP contribution in [0.4, 0.5) is 19.4 Å². The Morgan fingerprint density at radius 2 is 1.89 bits per heavy atom. The molecule has 1 aromatic heterocycles. The number of nitrogens with one attached hydrogen (secondary N) is 2. The number of likely N-dealkylation sites (tertiary alicyclic amines) is 1. The van der Waals surface area contributed by atoms with Gasteiger partial charge in [0.25, 0.3) is 0 Å². The van der Waals surface area contributed by atoms with Gasteiger partial charge in [-0.25, -0.2) is 23.1 Å². The van der Waals surface area contributed by atoms with Crippen LogP contribution in [-0.4, -0.2) is 72.7 Å². The molecule has 2 heterocycles. The van der Waals surface area contributed by atoms with Gasteiger partial charge in [-0.1, -0.05) is 24.3 Å². The van der Waals surface area contributed by atoms with E-state index in [1.807, 2.05) is 18.2 Å². The fourth-order valence-electron chi connectivity index (χ4n) is 4.42. The normalized spacial score (nSPS) is 17.5. The molecule has 9 nitrogen and oxygen atoms in total. The zero-order chi connectivity index (χ0) is 26.4. The van der Waals surface area contributed by atoms with Crippen molar-refractivity contribution in [1.82, 2.24) is 20.0 Å². The van der Waals surface area contributed by atoms with Gasteiger partial charge in [0.1, 0.15) is 5.56 Å². The summed E-state index contributed by atoms with van der Waals surface area (Å²) in [4.78, 5) is 27.8. The molecule has 0 saturated carbocycles. The summed E-state index contributed by atoms with van der Waals surface area (Å²) in [6.07, 6.45) is 1.34. The molecule has 1 aliphatic rings. The third-order valence-corrected chi connectivity index (χ3v) is 6.19. The van der Waals surface area contributed by atoms with Crippen molar-refractivity contribution in [1.29, 1.82) is 0 Å². The first kappa shape index (κ1) is 26.2. The van der Waals surface area contributed by atoms with Crippen molar-refractivity contribution in [2.75, 3.05) is 45.3 Å². The second kappa shape index (κ2) is 11.9. The maximum atomic E-state index is 14.0. The Morgan fingerprint density at radius 1 is 1.11 bits per heavy atom. The molecule has 0 radical (unpaired) electrons. The minimum absolute atomic E-state index is 0.103. The lowest BCUT2D eigenvalue weighted by atomic mass is 9.94. The molecule has 1 aliphatic heterocycles. The molecular formula is C26H29F2N5O4. The topological polar surface area (TPSA) is 97.7 Å². The van der Waals surface area contributed by atoms with Gasteiger partial charge in [0, 0.05) is 32.7 Å². The van der Waals surface area contributed by atoms with Gasteiger partial charge in [-0.15, -0.1) is 0 Å². The zero-order valence-electron chi connectivity index (χ0n) is 20.6. The SMILES string of the molecule is CCOC(=O)c1cnn(-c2ccccc2)c1NC(=O)N[C@@H]1CN(CCOC)C[C@H]1c1ccc(F)c(F)c1. The highest BCUT2D eigenvalue weighted by Crippen LogP contribution is 2.29. The zero-order valence-corrected chi connectivity index (χ0v) is 20.6. The first-order valence-corrected chi connectivity index (χ1v) is 12.0. The van der Waals surface area contributed by atoms with Crippen LogP contribution in [0.15, 0.2) is 54.7 Å². The van der Waals surface area contributed by atoms with Gasteiger partial charge in [0.05, 0.1) is 31.1 Å². The maximum Gasteiger partial charge on any atom is 0.343 e. The summed E-state index contributed by atoms with van der Waals surface area (Å²) < 4.78 is 39.3. The molecule has 37 heavy (non-hydrogen) atoms. The van der Waals surface area contributed by atoms with Crippen LogP contribution in [0.1, 0.15) is 28.8 Å². The van der Waals surface area contributed by atoms with E-state index in [4.69, 9.17) is 9.47 Å². The second-order valence-electron chi connectivity index (χ2n) is 8.61. The average molecular weight is 514 g/mol. The molecular weight excluding hydrogens is 484 g/mol. The van der Waals surface area contributed by atoms with E-state index in [-0.39, 0.29) is 23.9 Å². The number of methoxy groups -OCH3 is 1. The van der Waals surface area contributed by atoms with Crippen molar-refractivity contribution in [3.8, 4) is 5.69 Å². The van der Waals surface area contributed by atoms with Crippen molar-refractivity contribution in [2.24, 2.45) is 0 Å². The molecule has 2 aromatic carbocycles. The molecule has 11 heteroatoms. The minimum atomic E-state index is -0.943. The van der Waals surface area contributed by atoms with E-state index < -0.39 is 29.7 Å². The molecule has 0 unspecified atom stereocenters. The summed E-state index contributed by atoms with van der Waals surface area (Å²) in [6, 6.07) is 11.8. The monoisotopic (exact) mass is 513 g/mol. The number of ether oxygens (including phenoxy) is 2. The number of hydrogen-bond acceptors (Lipinski definition) is 6. The number of para-hydroxylation sites is 1. The quantitative estimate of drug-likeness (QED) is 0.425. The highest BCUT2D eigenvalue weighted by Gasteiger charge is 2.35. The van der Waals surface area contributed by atoms with E-state index in [0.29, 0.717) is 37.5 Å². The van der Waals surface area contributed by atoms with Crippen LogP contribution in [0.25, 0.3) is 5.69 Å².